The Hall–Kier alpha value is -2.99. The van der Waals surface area contributed by atoms with Crippen molar-refractivity contribution in [2.75, 3.05) is 44.2 Å². The van der Waals surface area contributed by atoms with Gasteiger partial charge in [-0.15, -0.1) is 0 Å². The maximum atomic E-state index is 13.6. The van der Waals surface area contributed by atoms with Crippen LogP contribution in [0.1, 0.15) is 52.5 Å². The Morgan fingerprint density at radius 3 is 2.44 bits per heavy atom. The molecule has 2 aromatic rings. The van der Waals surface area contributed by atoms with Crippen molar-refractivity contribution in [2.45, 2.75) is 62.9 Å². The molecule has 0 bridgehead atoms. The van der Waals surface area contributed by atoms with Gasteiger partial charge in [-0.3, -0.25) is 14.3 Å². The lowest BCUT2D eigenvalue weighted by Gasteiger charge is -2.37. The predicted molar refractivity (Wildman–Crippen MR) is 146 cm³/mol. The van der Waals surface area contributed by atoms with E-state index in [9.17, 15) is 22.4 Å². The van der Waals surface area contributed by atoms with Gasteiger partial charge in [0.15, 0.2) is 5.83 Å². The SMILES string of the molecule is C=C(F)C(=O)N1CCCC(n2ncc3c(N4CCN(C(=O)C(C)C)CC4)cc(S(=O)(=O)NC4(C)CC4)cc32)C1. The molecular formula is C27H37FN6O4S. The third-order valence-electron chi connectivity index (χ3n) is 8.05. The van der Waals surface area contributed by atoms with Crippen molar-refractivity contribution < 1.29 is 22.4 Å². The lowest BCUT2D eigenvalue weighted by atomic mass is 10.1. The van der Waals surface area contributed by atoms with Gasteiger partial charge in [0.1, 0.15) is 0 Å². The second-order valence-electron chi connectivity index (χ2n) is 11.5. The fraction of sp³-hybridized carbons (Fsp3) is 0.593. The average Bonchev–Trinajstić information content (AvgIpc) is 3.46. The number of fused-ring (bicyclic) bond motifs is 1. The third kappa shape index (κ3) is 5.54. The summed E-state index contributed by atoms with van der Waals surface area (Å²) in [4.78, 5) is 30.4. The van der Waals surface area contributed by atoms with Gasteiger partial charge in [0.2, 0.25) is 15.9 Å². The van der Waals surface area contributed by atoms with Crippen molar-refractivity contribution in [1.29, 1.82) is 0 Å². The number of carbonyl (C=O) groups is 2. The number of likely N-dealkylation sites (tertiary alicyclic amines) is 1. The first-order valence-electron chi connectivity index (χ1n) is 13.6. The first-order chi connectivity index (χ1) is 18.4. The molecular weight excluding hydrogens is 523 g/mol. The highest BCUT2D eigenvalue weighted by Crippen LogP contribution is 2.38. The van der Waals surface area contributed by atoms with Gasteiger partial charge >= 0.3 is 0 Å². The molecule has 12 heteroatoms. The maximum absolute atomic E-state index is 13.6. The van der Waals surface area contributed by atoms with E-state index in [1.54, 1.807) is 23.0 Å². The summed E-state index contributed by atoms with van der Waals surface area (Å²) >= 11 is 0. The summed E-state index contributed by atoms with van der Waals surface area (Å²) in [6, 6.07) is 3.11. The third-order valence-corrected chi connectivity index (χ3v) is 9.66. The monoisotopic (exact) mass is 560 g/mol. The van der Waals surface area contributed by atoms with E-state index in [1.165, 1.54) is 4.90 Å². The second kappa shape index (κ2) is 10.2. The van der Waals surface area contributed by atoms with Crippen molar-refractivity contribution in [2.24, 2.45) is 5.92 Å². The molecule has 3 heterocycles. The van der Waals surface area contributed by atoms with Crippen molar-refractivity contribution in [3.05, 3.63) is 30.7 Å². The number of carbonyl (C=O) groups excluding carboxylic acids is 2. The van der Waals surface area contributed by atoms with Crippen LogP contribution in [0.2, 0.25) is 0 Å². The highest BCUT2D eigenvalue weighted by molar-refractivity contribution is 7.89. The van der Waals surface area contributed by atoms with E-state index in [4.69, 9.17) is 0 Å². The number of anilines is 1. The molecule has 2 saturated heterocycles. The molecule has 1 aromatic carbocycles. The molecule has 0 radical (unpaired) electrons. The lowest BCUT2D eigenvalue weighted by molar-refractivity contribution is -0.134. The van der Waals surface area contributed by atoms with Crippen molar-refractivity contribution >= 4 is 38.4 Å². The quantitative estimate of drug-likeness (QED) is 0.522. The minimum absolute atomic E-state index is 0.0821. The molecule has 1 unspecified atom stereocenters. The van der Waals surface area contributed by atoms with E-state index in [0.29, 0.717) is 44.7 Å². The first kappa shape index (κ1) is 27.6. The van der Waals surface area contributed by atoms with Gasteiger partial charge in [0.05, 0.1) is 22.7 Å². The summed E-state index contributed by atoms with van der Waals surface area (Å²) in [7, 11) is -3.81. The van der Waals surface area contributed by atoms with Gasteiger partial charge in [-0.1, -0.05) is 20.4 Å². The molecule has 1 N–H and O–H groups in total. The number of piperidine rings is 1. The van der Waals surface area contributed by atoms with Gasteiger partial charge in [-0.2, -0.15) is 5.10 Å². The lowest BCUT2D eigenvalue weighted by Crippen LogP contribution is -2.50. The van der Waals surface area contributed by atoms with Crippen molar-refractivity contribution in [3.63, 3.8) is 0 Å². The van der Waals surface area contributed by atoms with E-state index < -0.39 is 27.3 Å². The van der Waals surface area contributed by atoms with E-state index in [2.05, 4.69) is 21.3 Å². The number of amides is 2. The van der Waals surface area contributed by atoms with Gasteiger partial charge in [0.25, 0.3) is 5.91 Å². The van der Waals surface area contributed by atoms with Crippen LogP contribution in [-0.2, 0) is 19.6 Å². The molecule has 2 amide bonds. The minimum Gasteiger partial charge on any atom is -0.367 e. The van der Waals surface area contributed by atoms with Gasteiger partial charge < -0.3 is 14.7 Å². The predicted octanol–water partition coefficient (Wildman–Crippen LogP) is 2.82. The molecule has 1 aliphatic carbocycles. The van der Waals surface area contributed by atoms with Crippen LogP contribution < -0.4 is 9.62 Å². The molecule has 1 atom stereocenters. The summed E-state index contributed by atoms with van der Waals surface area (Å²) in [5.74, 6) is -1.69. The number of halogens is 1. The van der Waals surface area contributed by atoms with Crippen molar-refractivity contribution in [3.8, 4) is 0 Å². The Morgan fingerprint density at radius 1 is 1.13 bits per heavy atom. The molecule has 39 heavy (non-hydrogen) atoms. The number of piperazine rings is 1. The van der Waals surface area contributed by atoms with Crippen LogP contribution >= 0.6 is 0 Å². The summed E-state index contributed by atoms with van der Waals surface area (Å²) in [6.45, 7) is 11.7. The zero-order chi connectivity index (χ0) is 28.1. The molecule has 5 rings (SSSR count). The zero-order valence-electron chi connectivity index (χ0n) is 22.8. The van der Waals surface area contributed by atoms with Crippen LogP contribution in [0.15, 0.2) is 35.6 Å². The largest absolute Gasteiger partial charge is 0.367 e. The number of hydrogen-bond donors (Lipinski definition) is 1. The number of aromatic nitrogens is 2. The maximum Gasteiger partial charge on any atom is 0.282 e. The Kier molecular flexibility index (Phi) is 7.21. The van der Waals surface area contributed by atoms with E-state index in [0.717, 1.165) is 30.3 Å². The van der Waals surface area contributed by atoms with Crippen LogP contribution in [0.4, 0.5) is 10.1 Å². The fourth-order valence-electron chi connectivity index (χ4n) is 5.53. The van der Waals surface area contributed by atoms with Gasteiger partial charge in [-0.25, -0.2) is 17.5 Å². The number of hydrogen-bond acceptors (Lipinski definition) is 6. The van der Waals surface area contributed by atoms with E-state index in [-0.39, 0.29) is 29.3 Å². The highest BCUT2D eigenvalue weighted by atomic mass is 32.2. The Balaban J connectivity index is 1.52. The van der Waals surface area contributed by atoms with Crippen LogP contribution in [0.3, 0.4) is 0 Å². The number of nitrogens with one attached hydrogen (secondary N) is 1. The van der Waals surface area contributed by atoms with Gasteiger partial charge in [-0.05, 0) is 44.7 Å². The normalized spacial score (nSPS) is 21.5. The topological polar surface area (TPSA) is 108 Å². The van der Waals surface area contributed by atoms with E-state index >= 15 is 0 Å². The summed E-state index contributed by atoms with van der Waals surface area (Å²) in [5.41, 5.74) is 0.959. The zero-order valence-corrected chi connectivity index (χ0v) is 23.6. The Bertz CT molecular complexity index is 1410. The smallest absolute Gasteiger partial charge is 0.282 e. The average molecular weight is 561 g/mol. The molecule has 212 valence electrons. The highest BCUT2D eigenvalue weighted by Gasteiger charge is 2.41. The van der Waals surface area contributed by atoms with Crippen LogP contribution in [0.25, 0.3) is 10.9 Å². The molecule has 1 saturated carbocycles. The minimum atomic E-state index is -3.81. The number of nitrogens with zero attached hydrogens (tertiary/aromatic N) is 5. The molecule has 0 spiro atoms. The second-order valence-corrected chi connectivity index (χ2v) is 13.2. The number of sulfonamides is 1. The van der Waals surface area contributed by atoms with Gasteiger partial charge in [0, 0.05) is 61.8 Å². The Morgan fingerprint density at radius 2 is 1.82 bits per heavy atom. The Labute approximate surface area is 228 Å². The summed E-state index contributed by atoms with van der Waals surface area (Å²) in [5, 5.41) is 5.45. The summed E-state index contributed by atoms with van der Waals surface area (Å²) < 4.78 is 45.2. The standard InChI is InChI=1S/C27H37FN6O4S/c1-18(2)25(35)32-12-10-31(11-13-32)23-14-21(39(37,38)30-27(4)7-8-27)15-24-22(23)16-29-34(24)20-6-5-9-33(17-20)26(36)19(3)28/h14-16,18,20,30H,3,5-13,17H2,1-2,4H3. The van der Waals surface area contributed by atoms with E-state index in [1.807, 2.05) is 25.7 Å². The van der Waals surface area contributed by atoms with Crippen LogP contribution in [0, 0.1) is 5.92 Å². The summed E-state index contributed by atoms with van der Waals surface area (Å²) in [6.07, 6.45) is 4.70. The molecule has 1 aromatic heterocycles. The molecule has 3 aliphatic rings. The van der Waals surface area contributed by atoms with Crippen molar-refractivity contribution in [1.82, 2.24) is 24.3 Å². The molecule has 2 aliphatic heterocycles. The van der Waals surface area contributed by atoms with Crippen LogP contribution in [-0.4, -0.2) is 84.6 Å². The fourth-order valence-corrected chi connectivity index (χ4v) is 7.03. The number of benzene rings is 1. The molecule has 3 fully saturated rings. The number of rotatable bonds is 7. The molecule has 10 nitrogen and oxygen atoms in total. The first-order valence-corrected chi connectivity index (χ1v) is 15.1. The van der Waals surface area contributed by atoms with Crippen LogP contribution in [0.5, 0.6) is 0 Å².